The first-order valence-electron chi connectivity index (χ1n) is 16.9. The summed E-state index contributed by atoms with van der Waals surface area (Å²) in [4.78, 5) is 27.1. The predicted molar refractivity (Wildman–Crippen MR) is 189 cm³/mol. The van der Waals surface area contributed by atoms with Gasteiger partial charge >= 0.3 is 5.97 Å². The van der Waals surface area contributed by atoms with Gasteiger partial charge in [-0.05, 0) is 107 Å². The molecule has 4 aromatic rings. The number of aromatic hydroxyl groups is 1. The van der Waals surface area contributed by atoms with E-state index in [1.54, 1.807) is 24.3 Å². The summed E-state index contributed by atoms with van der Waals surface area (Å²) < 4.78 is 34.6. The molecule has 8 nitrogen and oxygen atoms in total. The third-order valence-corrected chi connectivity index (χ3v) is 8.30. The molecule has 1 aliphatic rings. The zero-order chi connectivity index (χ0) is 35.5. The van der Waals surface area contributed by atoms with Gasteiger partial charge in [-0.3, -0.25) is 9.59 Å². The molecular weight excluding hydrogens is 623 g/mol. The minimum absolute atomic E-state index is 0.0795. The predicted octanol–water partition coefficient (Wildman–Crippen LogP) is 9.07. The lowest BCUT2D eigenvalue weighted by Gasteiger charge is -2.41. The summed E-state index contributed by atoms with van der Waals surface area (Å²) in [5, 5.41) is 12.9. The first kappa shape index (κ1) is 35.8. The second-order valence-electron chi connectivity index (χ2n) is 14.4. The van der Waals surface area contributed by atoms with Crippen LogP contribution in [0.5, 0.6) is 5.75 Å². The highest BCUT2D eigenvalue weighted by Gasteiger charge is 2.38. The topological polar surface area (TPSA) is 99.0 Å². The van der Waals surface area contributed by atoms with Gasteiger partial charge in [-0.15, -0.1) is 0 Å². The number of esters is 1. The fraction of sp³-hybridized carbons (Fsp3) is 0.400. The van der Waals surface area contributed by atoms with Crippen LogP contribution in [0.25, 0.3) is 22.4 Å². The monoisotopic (exact) mass is 670 g/mol. The SMILES string of the molecule is CC(C)c1c(C(=O)Nc2ccc(O)cc2)c(-c2ccccc2)c(-c2ccc(F)cc2)n1CC[C@H]1C[C@@H](CC(=O)OC(C)(C)C)OC(C)(C)O1. The highest BCUT2D eigenvalue weighted by Crippen LogP contribution is 2.43. The van der Waals surface area contributed by atoms with Crippen LogP contribution < -0.4 is 5.32 Å². The van der Waals surface area contributed by atoms with Crippen LogP contribution in [0.1, 0.15) is 89.7 Å². The molecule has 2 atom stereocenters. The first-order chi connectivity index (χ1) is 23.1. The van der Waals surface area contributed by atoms with Crippen molar-refractivity contribution in [3.8, 4) is 28.1 Å². The second kappa shape index (κ2) is 14.6. The number of rotatable bonds is 10. The van der Waals surface area contributed by atoms with Gasteiger partial charge in [0, 0.05) is 29.9 Å². The van der Waals surface area contributed by atoms with E-state index >= 15 is 0 Å². The highest BCUT2D eigenvalue weighted by molar-refractivity contribution is 6.12. The maximum atomic E-state index is 14.4. The van der Waals surface area contributed by atoms with Crippen LogP contribution >= 0.6 is 0 Å². The number of ether oxygens (including phenoxy) is 3. The lowest BCUT2D eigenvalue weighted by molar-refractivity contribution is -0.301. The van der Waals surface area contributed by atoms with Crippen LogP contribution in [-0.2, 0) is 25.5 Å². The number of amides is 1. The van der Waals surface area contributed by atoms with Crippen LogP contribution in [0.2, 0.25) is 0 Å². The van der Waals surface area contributed by atoms with Gasteiger partial charge in [-0.1, -0.05) is 44.2 Å². The van der Waals surface area contributed by atoms with Crippen molar-refractivity contribution in [2.45, 2.75) is 104 Å². The number of nitrogens with one attached hydrogen (secondary N) is 1. The van der Waals surface area contributed by atoms with Gasteiger partial charge in [0.2, 0.25) is 0 Å². The average Bonchev–Trinajstić information content (AvgIpc) is 3.36. The summed E-state index contributed by atoms with van der Waals surface area (Å²) >= 11 is 0. The van der Waals surface area contributed by atoms with Crippen molar-refractivity contribution in [3.63, 3.8) is 0 Å². The third-order valence-electron chi connectivity index (χ3n) is 8.30. The van der Waals surface area contributed by atoms with E-state index in [0.717, 1.165) is 28.1 Å². The van der Waals surface area contributed by atoms with Crippen LogP contribution in [0.4, 0.5) is 10.1 Å². The van der Waals surface area contributed by atoms with Crippen molar-refractivity contribution >= 4 is 17.6 Å². The lowest BCUT2D eigenvalue weighted by atomic mass is 9.94. The summed E-state index contributed by atoms with van der Waals surface area (Å²) in [6.07, 6.45) is 0.525. The van der Waals surface area contributed by atoms with Crippen LogP contribution in [0.15, 0.2) is 78.9 Å². The van der Waals surface area contributed by atoms with Crippen molar-refractivity contribution in [3.05, 3.63) is 95.9 Å². The molecule has 0 unspecified atom stereocenters. The summed E-state index contributed by atoms with van der Waals surface area (Å²) in [5.41, 5.74) is 4.43. The Balaban J connectivity index is 1.59. The molecule has 1 amide bonds. The Hall–Kier alpha value is -4.47. The molecule has 0 radical (unpaired) electrons. The molecule has 3 aromatic carbocycles. The number of phenols is 1. The number of anilines is 1. The zero-order valence-electron chi connectivity index (χ0n) is 29.4. The van der Waals surface area contributed by atoms with Crippen LogP contribution in [0.3, 0.4) is 0 Å². The Morgan fingerprint density at radius 3 is 2.20 bits per heavy atom. The molecule has 2 N–H and O–H groups in total. The number of hydrogen-bond donors (Lipinski definition) is 2. The summed E-state index contributed by atoms with van der Waals surface area (Å²) in [6, 6.07) is 22.4. The minimum atomic E-state index is -0.919. The number of hydrogen-bond acceptors (Lipinski definition) is 6. The Kier molecular flexibility index (Phi) is 10.6. The number of halogens is 1. The fourth-order valence-electron chi connectivity index (χ4n) is 6.60. The number of carbonyl (C=O) groups excluding carboxylic acids is 2. The standard InChI is InChI=1S/C40H47FN2O6/c1-25(2)36-35(38(46)42-29-17-19-30(44)20-18-29)34(26-11-9-8-10-12-26)37(27-13-15-28(41)16-14-27)43(36)22-21-31-23-32(48-40(6,7)47-31)24-33(45)49-39(3,4)5/h8-20,25,31-32,44H,21-24H2,1-7H3,(H,42,46)/t31-,32-/m0/s1. The molecule has 1 saturated heterocycles. The number of phenolic OH excluding ortho intramolecular Hbond substituents is 1. The highest BCUT2D eigenvalue weighted by atomic mass is 19.1. The van der Waals surface area contributed by atoms with Crippen molar-refractivity contribution in [1.82, 2.24) is 4.57 Å². The lowest BCUT2D eigenvalue weighted by Crippen LogP contribution is -2.46. The second-order valence-corrected chi connectivity index (χ2v) is 14.4. The quantitative estimate of drug-likeness (QED) is 0.129. The molecular formula is C40H47FN2O6. The molecule has 2 heterocycles. The fourth-order valence-corrected chi connectivity index (χ4v) is 6.60. The summed E-state index contributed by atoms with van der Waals surface area (Å²) in [5.74, 6) is -1.87. The first-order valence-corrected chi connectivity index (χ1v) is 16.9. The summed E-state index contributed by atoms with van der Waals surface area (Å²) in [7, 11) is 0. The molecule has 1 aliphatic heterocycles. The Bertz CT molecular complexity index is 1760. The number of nitrogens with zero attached hydrogens (tertiary/aromatic N) is 1. The molecule has 5 rings (SSSR count). The smallest absolute Gasteiger partial charge is 0.308 e. The number of aromatic nitrogens is 1. The van der Waals surface area contributed by atoms with E-state index in [9.17, 15) is 19.1 Å². The van der Waals surface area contributed by atoms with Gasteiger partial charge in [-0.2, -0.15) is 0 Å². The minimum Gasteiger partial charge on any atom is -0.508 e. The van der Waals surface area contributed by atoms with E-state index in [1.165, 1.54) is 24.3 Å². The van der Waals surface area contributed by atoms with E-state index in [1.807, 2.05) is 65.0 Å². The van der Waals surface area contributed by atoms with Crippen molar-refractivity contribution in [2.24, 2.45) is 0 Å². The third kappa shape index (κ3) is 8.96. The molecule has 0 aliphatic carbocycles. The Morgan fingerprint density at radius 2 is 1.59 bits per heavy atom. The van der Waals surface area contributed by atoms with Crippen molar-refractivity contribution in [1.29, 1.82) is 0 Å². The molecule has 1 aromatic heterocycles. The number of carbonyl (C=O) groups is 2. The van der Waals surface area contributed by atoms with Crippen LogP contribution in [-0.4, -0.2) is 45.1 Å². The largest absolute Gasteiger partial charge is 0.508 e. The van der Waals surface area contributed by atoms with Crippen molar-refractivity contribution < 1.29 is 33.3 Å². The van der Waals surface area contributed by atoms with Gasteiger partial charge in [0.05, 0.1) is 29.9 Å². The molecule has 1 fully saturated rings. The van der Waals surface area contributed by atoms with Gasteiger partial charge in [-0.25, -0.2) is 4.39 Å². The maximum absolute atomic E-state index is 14.4. The average molecular weight is 671 g/mol. The van der Waals surface area contributed by atoms with Gasteiger partial charge in [0.1, 0.15) is 17.2 Å². The van der Waals surface area contributed by atoms with E-state index in [2.05, 4.69) is 23.7 Å². The number of benzene rings is 3. The maximum Gasteiger partial charge on any atom is 0.308 e. The van der Waals surface area contributed by atoms with Crippen LogP contribution in [0, 0.1) is 5.82 Å². The molecule has 0 saturated carbocycles. The van der Waals surface area contributed by atoms with E-state index in [0.29, 0.717) is 30.6 Å². The Morgan fingerprint density at radius 1 is 0.959 bits per heavy atom. The molecule has 0 bridgehead atoms. The van der Waals surface area contributed by atoms with E-state index < -0.39 is 11.4 Å². The summed E-state index contributed by atoms with van der Waals surface area (Å²) in [6.45, 7) is 13.8. The van der Waals surface area contributed by atoms with Crippen molar-refractivity contribution in [2.75, 3.05) is 5.32 Å². The molecule has 9 heteroatoms. The molecule has 49 heavy (non-hydrogen) atoms. The Labute approximate surface area is 288 Å². The van der Waals surface area contributed by atoms with Gasteiger partial charge in [0.15, 0.2) is 5.79 Å². The zero-order valence-corrected chi connectivity index (χ0v) is 29.4. The molecule has 0 spiro atoms. The van der Waals surface area contributed by atoms with Gasteiger partial charge in [0.25, 0.3) is 5.91 Å². The van der Waals surface area contributed by atoms with Gasteiger partial charge < -0.3 is 29.2 Å². The van der Waals surface area contributed by atoms with E-state index in [4.69, 9.17) is 14.2 Å². The van der Waals surface area contributed by atoms with E-state index in [-0.39, 0.29) is 48.0 Å². The molecule has 260 valence electrons. The normalized spacial score (nSPS) is 17.6.